The number of nitrogens with zero attached hydrogens (tertiary/aromatic N) is 1. The van der Waals surface area contributed by atoms with E-state index in [2.05, 4.69) is 36.2 Å². The van der Waals surface area contributed by atoms with E-state index >= 15 is 0 Å². The molecule has 0 fully saturated rings. The van der Waals surface area contributed by atoms with Gasteiger partial charge in [-0.05, 0) is 55.9 Å². The lowest BCUT2D eigenvalue weighted by atomic mass is 9.80. The SMILES string of the molecule is C/C=C(\C=N/C)c1ccc2c(c1)CCC2(C)C(C)=O. The third-order valence-electron chi connectivity index (χ3n) is 4.28. The first-order valence-electron chi connectivity index (χ1n) is 6.76. The first-order chi connectivity index (χ1) is 9.02. The van der Waals surface area contributed by atoms with Crippen LogP contribution in [0.25, 0.3) is 5.57 Å². The van der Waals surface area contributed by atoms with E-state index in [4.69, 9.17) is 0 Å². The predicted molar refractivity (Wildman–Crippen MR) is 80.9 cm³/mol. The molecule has 100 valence electrons. The number of allylic oxidation sites excluding steroid dienone is 2. The van der Waals surface area contributed by atoms with Gasteiger partial charge in [0.2, 0.25) is 0 Å². The van der Waals surface area contributed by atoms with Gasteiger partial charge in [-0.1, -0.05) is 24.3 Å². The van der Waals surface area contributed by atoms with Gasteiger partial charge in [-0.15, -0.1) is 0 Å². The van der Waals surface area contributed by atoms with Gasteiger partial charge in [0.15, 0.2) is 0 Å². The van der Waals surface area contributed by atoms with Crippen LogP contribution in [-0.2, 0) is 16.6 Å². The number of fused-ring (bicyclic) bond motifs is 1. The lowest BCUT2D eigenvalue weighted by Gasteiger charge is -2.21. The zero-order chi connectivity index (χ0) is 14.0. The van der Waals surface area contributed by atoms with E-state index in [0.717, 1.165) is 18.4 Å². The third-order valence-corrected chi connectivity index (χ3v) is 4.28. The van der Waals surface area contributed by atoms with Crippen LogP contribution in [0.3, 0.4) is 0 Å². The molecule has 2 rings (SSSR count). The number of Topliss-reactive ketones (excluding diaryl/α,β-unsaturated/α-hetero) is 1. The van der Waals surface area contributed by atoms with Gasteiger partial charge >= 0.3 is 0 Å². The number of carbonyl (C=O) groups excluding carboxylic acids is 1. The number of benzene rings is 1. The zero-order valence-electron chi connectivity index (χ0n) is 12.2. The van der Waals surface area contributed by atoms with Crippen LogP contribution < -0.4 is 0 Å². The summed E-state index contributed by atoms with van der Waals surface area (Å²) in [5, 5.41) is 0. The summed E-state index contributed by atoms with van der Waals surface area (Å²) in [7, 11) is 1.78. The lowest BCUT2D eigenvalue weighted by molar-refractivity contribution is -0.121. The predicted octanol–water partition coefficient (Wildman–Crippen LogP) is 3.58. The molecule has 0 aliphatic heterocycles. The largest absolute Gasteiger partial charge is 0.299 e. The van der Waals surface area contributed by atoms with E-state index in [0.29, 0.717) is 0 Å². The Bertz CT molecular complexity index is 569. The van der Waals surface area contributed by atoms with Crippen LogP contribution in [0, 0.1) is 0 Å². The fourth-order valence-electron chi connectivity index (χ4n) is 2.86. The van der Waals surface area contributed by atoms with E-state index < -0.39 is 0 Å². The monoisotopic (exact) mass is 255 g/mol. The van der Waals surface area contributed by atoms with Gasteiger partial charge in [0.1, 0.15) is 5.78 Å². The molecule has 1 aliphatic rings. The van der Waals surface area contributed by atoms with E-state index in [-0.39, 0.29) is 11.2 Å². The molecule has 0 bridgehead atoms. The van der Waals surface area contributed by atoms with Crippen LogP contribution in [-0.4, -0.2) is 19.0 Å². The normalized spacial score (nSPS) is 22.8. The summed E-state index contributed by atoms with van der Waals surface area (Å²) in [6.07, 6.45) is 5.85. The average molecular weight is 255 g/mol. The summed E-state index contributed by atoms with van der Waals surface area (Å²) in [4.78, 5) is 16.0. The van der Waals surface area contributed by atoms with E-state index in [1.54, 1.807) is 14.0 Å². The molecule has 0 aromatic heterocycles. The van der Waals surface area contributed by atoms with Crippen LogP contribution in [0.2, 0.25) is 0 Å². The van der Waals surface area contributed by atoms with Crippen molar-refractivity contribution in [3.8, 4) is 0 Å². The van der Waals surface area contributed by atoms with E-state index in [1.807, 2.05) is 13.1 Å². The number of aliphatic imine (C=N–C) groups is 1. The fourth-order valence-corrected chi connectivity index (χ4v) is 2.86. The van der Waals surface area contributed by atoms with Crippen molar-refractivity contribution in [1.82, 2.24) is 0 Å². The van der Waals surface area contributed by atoms with Crippen molar-refractivity contribution in [2.75, 3.05) is 7.05 Å². The second-order valence-electron chi connectivity index (χ2n) is 5.39. The third kappa shape index (κ3) is 2.27. The summed E-state index contributed by atoms with van der Waals surface area (Å²) in [6.45, 7) is 5.78. The summed E-state index contributed by atoms with van der Waals surface area (Å²) >= 11 is 0. The van der Waals surface area contributed by atoms with Gasteiger partial charge in [-0.25, -0.2) is 0 Å². The molecule has 0 radical (unpaired) electrons. The quantitative estimate of drug-likeness (QED) is 0.759. The molecule has 19 heavy (non-hydrogen) atoms. The maximum absolute atomic E-state index is 11.9. The Morgan fingerprint density at radius 2 is 2.16 bits per heavy atom. The Balaban J connectivity index is 2.46. The molecule has 2 heteroatoms. The van der Waals surface area contributed by atoms with E-state index in [9.17, 15) is 4.79 Å². The van der Waals surface area contributed by atoms with Gasteiger partial charge in [-0.2, -0.15) is 0 Å². The Hall–Kier alpha value is -1.70. The van der Waals surface area contributed by atoms with Crippen molar-refractivity contribution in [2.24, 2.45) is 4.99 Å². The molecule has 2 nitrogen and oxygen atoms in total. The van der Waals surface area contributed by atoms with Crippen LogP contribution in [0.5, 0.6) is 0 Å². The highest BCUT2D eigenvalue weighted by molar-refractivity contribution is 6.09. The Kier molecular flexibility index (Phi) is 3.70. The van der Waals surface area contributed by atoms with Crippen LogP contribution in [0.4, 0.5) is 0 Å². The van der Waals surface area contributed by atoms with Crippen molar-refractivity contribution in [2.45, 2.75) is 39.0 Å². The number of hydrogen-bond donors (Lipinski definition) is 0. The van der Waals surface area contributed by atoms with Gasteiger partial charge in [0.25, 0.3) is 0 Å². The van der Waals surface area contributed by atoms with Crippen molar-refractivity contribution < 1.29 is 4.79 Å². The van der Waals surface area contributed by atoms with Gasteiger partial charge in [-0.3, -0.25) is 9.79 Å². The number of hydrogen-bond acceptors (Lipinski definition) is 2. The summed E-state index contributed by atoms with van der Waals surface area (Å²) in [5.41, 5.74) is 4.52. The molecule has 0 heterocycles. The van der Waals surface area contributed by atoms with Crippen molar-refractivity contribution >= 4 is 17.6 Å². The van der Waals surface area contributed by atoms with Crippen molar-refractivity contribution in [1.29, 1.82) is 0 Å². The Morgan fingerprint density at radius 3 is 2.74 bits per heavy atom. The molecule has 1 unspecified atom stereocenters. The average Bonchev–Trinajstić information content (AvgIpc) is 2.74. The molecule has 1 aromatic carbocycles. The molecular weight excluding hydrogens is 234 g/mol. The van der Waals surface area contributed by atoms with E-state index in [1.165, 1.54) is 16.7 Å². The molecular formula is C17H21NO. The van der Waals surface area contributed by atoms with Crippen molar-refractivity contribution in [3.05, 3.63) is 41.0 Å². The molecule has 0 saturated heterocycles. The summed E-state index contributed by atoms with van der Waals surface area (Å²) in [6, 6.07) is 6.43. The number of carbonyl (C=O) groups is 1. The molecule has 0 saturated carbocycles. The highest BCUT2D eigenvalue weighted by atomic mass is 16.1. The zero-order valence-corrected chi connectivity index (χ0v) is 12.2. The van der Waals surface area contributed by atoms with Gasteiger partial charge in [0, 0.05) is 13.3 Å². The minimum atomic E-state index is -0.289. The second kappa shape index (κ2) is 5.12. The molecule has 1 aromatic rings. The lowest BCUT2D eigenvalue weighted by Crippen LogP contribution is -2.27. The van der Waals surface area contributed by atoms with Crippen LogP contribution in [0.15, 0.2) is 29.3 Å². The molecule has 1 aliphatic carbocycles. The first-order valence-corrected chi connectivity index (χ1v) is 6.76. The highest BCUT2D eigenvalue weighted by Gasteiger charge is 2.38. The maximum atomic E-state index is 11.9. The van der Waals surface area contributed by atoms with Crippen molar-refractivity contribution in [3.63, 3.8) is 0 Å². The topological polar surface area (TPSA) is 29.4 Å². The minimum Gasteiger partial charge on any atom is -0.299 e. The molecule has 0 N–H and O–H groups in total. The molecule has 1 atom stereocenters. The molecule has 0 spiro atoms. The fraction of sp³-hybridized carbons (Fsp3) is 0.412. The maximum Gasteiger partial charge on any atom is 0.140 e. The van der Waals surface area contributed by atoms with Crippen LogP contribution in [0.1, 0.15) is 43.9 Å². The smallest absolute Gasteiger partial charge is 0.140 e. The number of ketones is 1. The number of rotatable bonds is 3. The van der Waals surface area contributed by atoms with Gasteiger partial charge < -0.3 is 0 Å². The Morgan fingerprint density at radius 1 is 1.42 bits per heavy atom. The molecule has 0 amide bonds. The second-order valence-corrected chi connectivity index (χ2v) is 5.39. The number of aryl methyl sites for hydroxylation is 1. The minimum absolute atomic E-state index is 0.264. The summed E-state index contributed by atoms with van der Waals surface area (Å²) in [5.74, 6) is 0.264. The van der Waals surface area contributed by atoms with Gasteiger partial charge in [0.05, 0.1) is 5.41 Å². The first kappa shape index (κ1) is 13.7. The Labute approximate surface area is 115 Å². The standard InChI is InChI=1S/C17H21NO/c1-5-13(11-18-4)14-6-7-16-15(10-14)8-9-17(16,3)12(2)19/h5-7,10-11H,8-9H2,1-4H3/b13-5+,18-11-. The van der Waals surface area contributed by atoms with Crippen LogP contribution >= 0.6 is 0 Å². The summed E-state index contributed by atoms with van der Waals surface area (Å²) < 4.78 is 0. The highest BCUT2D eigenvalue weighted by Crippen LogP contribution is 2.40.